The fourth-order valence-electron chi connectivity index (χ4n) is 5.50. The summed E-state index contributed by atoms with van der Waals surface area (Å²) in [4.78, 5) is 28.4. The van der Waals surface area contributed by atoms with Gasteiger partial charge in [-0.3, -0.25) is 9.59 Å². The van der Waals surface area contributed by atoms with Gasteiger partial charge in [-0.25, -0.2) is 8.78 Å². The molecule has 0 aliphatic heterocycles. The molecule has 196 valence electrons. The standard InChI is InChI=1S/C30H29F2N3O3/c1-15-19(8-5-9-23(15)35-29(37)16-6-4-7-18(31)12-16)25-22(32)14-21(28(33)36)27-26(25)20-11-10-17(30(2,3)38)13-24(20)34-27/h4-9,12,14,17,34,38H,10-11,13H2,1-3H3,(H2,33,36)(H,35,37)/t17-/m0/s1. The molecule has 3 aromatic carbocycles. The number of nitrogens with two attached hydrogens (primary N) is 1. The Morgan fingerprint density at radius 2 is 1.87 bits per heavy atom. The molecule has 2 amide bonds. The van der Waals surface area contributed by atoms with Crippen molar-refractivity contribution in [2.75, 3.05) is 5.32 Å². The van der Waals surface area contributed by atoms with Crippen molar-refractivity contribution in [1.82, 2.24) is 4.98 Å². The molecule has 0 fully saturated rings. The van der Waals surface area contributed by atoms with Crippen LogP contribution in [0.2, 0.25) is 0 Å². The highest BCUT2D eigenvalue weighted by Gasteiger charge is 2.34. The van der Waals surface area contributed by atoms with Crippen LogP contribution in [0, 0.1) is 24.5 Å². The van der Waals surface area contributed by atoms with Gasteiger partial charge >= 0.3 is 0 Å². The molecule has 0 saturated heterocycles. The number of anilines is 1. The number of halogens is 2. The smallest absolute Gasteiger partial charge is 0.255 e. The van der Waals surface area contributed by atoms with Crippen molar-refractivity contribution in [1.29, 1.82) is 0 Å². The topological polar surface area (TPSA) is 108 Å². The Balaban J connectivity index is 1.66. The van der Waals surface area contributed by atoms with E-state index in [0.29, 0.717) is 52.5 Å². The van der Waals surface area contributed by atoms with E-state index < -0.39 is 29.0 Å². The molecule has 1 aliphatic carbocycles. The zero-order valence-corrected chi connectivity index (χ0v) is 21.4. The fourth-order valence-corrected chi connectivity index (χ4v) is 5.50. The molecule has 0 spiro atoms. The van der Waals surface area contributed by atoms with Gasteiger partial charge in [-0.15, -0.1) is 0 Å². The predicted molar refractivity (Wildman–Crippen MR) is 143 cm³/mol. The second kappa shape index (κ2) is 9.36. The summed E-state index contributed by atoms with van der Waals surface area (Å²) in [6.07, 6.45) is 1.84. The van der Waals surface area contributed by atoms with Crippen LogP contribution in [0.5, 0.6) is 0 Å². The number of primary amides is 1. The maximum Gasteiger partial charge on any atom is 0.255 e. The van der Waals surface area contributed by atoms with Gasteiger partial charge < -0.3 is 21.1 Å². The van der Waals surface area contributed by atoms with Gasteiger partial charge in [0.05, 0.1) is 16.7 Å². The first-order valence-corrected chi connectivity index (χ1v) is 12.5. The van der Waals surface area contributed by atoms with Crippen LogP contribution in [0.3, 0.4) is 0 Å². The number of nitrogens with one attached hydrogen (secondary N) is 2. The van der Waals surface area contributed by atoms with E-state index in [1.165, 1.54) is 18.2 Å². The number of aliphatic hydroxyl groups is 1. The van der Waals surface area contributed by atoms with Crippen LogP contribution in [0.4, 0.5) is 14.5 Å². The monoisotopic (exact) mass is 517 g/mol. The van der Waals surface area contributed by atoms with E-state index in [0.717, 1.165) is 23.4 Å². The number of rotatable bonds is 5. The van der Waals surface area contributed by atoms with Crippen molar-refractivity contribution in [3.63, 3.8) is 0 Å². The summed E-state index contributed by atoms with van der Waals surface area (Å²) in [5, 5.41) is 14.0. The summed E-state index contributed by atoms with van der Waals surface area (Å²) >= 11 is 0. The van der Waals surface area contributed by atoms with E-state index in [1.54, 1.807) is 39.0 Å². The van der Waals surface area contributed by atoms with Crippen molar-refractivity contribution >= 4 is 28.4 Å². The van der Waals surface area contributed by atoms with Crippen molar-refractivity contribution < 1.29 is 23.5 Å². The first kappa shape index (κ1) is 25.6. The first-order valence-electron chi connectivity index (χ1n) is 12.5. The van der Waals surface area contributed by atoms with E-state index in [-0.39, 0.29) is 17.0 Å². The molecule has 0 unspecified atom stereocenters. The maximum absolute atomic E-state index is 15.8. The number of fused-ring (bicyclic) bond motifs is 3. The lowest BCUT2D eigenvalue weighted by atomic mass is 9.77. The molecule has 38 heavy (non-hydrogen) atoms. The van der Waals surface area contributed by atoms with Gasteiger partial charge in [-0.05, 0) is 93.0 Å². The quantitative estimate of drug-likeness (QED) is 0.275. The van der Waals surface area contributed by atoms with Gasteiger partial charge in [-0.1, -0.05) is 18.2 Å². The number of carbonyl (C=O) groups excluding carboxylic acids is 2. The molecule has 1 aliphatic rings. The van der Waals surface area contributed by atoms with Crippen LogP contribution < -0.4 is 11.1 Å². The maximum atomic E-state index is 15.8. The molecule has 0 saturated carbocycles. The van der Waals surface area contributed by atoms with Crippen LogP contribution in [0.15, 0.2) is 48.5 Å². The van der Waals surface area contributed by atoms with Crippen LogP contribution in [-0.2, 0) is 12.8 Å². The zero-order valence-electron chi connectivity index (χ0n) is 21.4. The largest absolute Gasteiger partial charge is 0.390 e. The van der Waals surface area contributed by atoms with E-state index in [4.69, 9.17) is 5.73 Å². The third-order valence-corrected chi connectivity index (χ3v) is 7.62. The Labute approximate surface area is 218 Å². The molecule has 0 bridgehead atoms. The van der Waals surface area contributed by atoms with Gasteiger partial charge in [0, 0.05) is 27.9 Å². The molecule has 5 N–H and O–H groups in total. The van der Waals surface area contributed by atoms with Crippen molar-refractivity contribution in [2.24, 2.45) is 11.7 Å². The van der Waals surface area contributed by atoms with Gasteiger partial charge in [0.2, 0.25) is 0 Å². The summed E-state index contributed by atoms with van der Waals surface area (Å²) in [6.45, 7) is 5.32. The number of carbonyl (C=O) groups is 2. The van der Waals surface area contributed by atoms with E-state index in [1.807, 2.05) is 0 Å². The third-order valence-electron chi connectivity index (χ3n) is 7.62. The Hall–Kier alpha value is -4.04. The summed E-state index contributed by atoms with van der Waals surface area (Å²) in [5.41, 5.74) is 9.09. The number of benzene rings is 3. The number of amides is 2. The molecule has 0 radical (unpaired) electrons. The molecule has 1 aromatic heterocycles. The Kier molecular flexibility index (Phi) is 6.31. The molecular formula is C30H29F2N3O3. The first-order chi connectivity index (χ1) is 18.0. The van der Waals surface area contributed by atoms with Gasteiger partial charge in [0.25, 0.3) is 11.8 Å². The molecule has 8 heteroatoms. The van der Waals surface area contributed by atoms with Gasteiger partial charge in [-0.2, -0.15) is 0 Å². The zero-order chi connectivity index (χ0) is 27.4. The van der Waals surface area contributed by atoms with Crippen LogP contribution in [0.1, 0.15) is 57.8 Å². The molecule has 6 nitrogen and oxygen atoms in total. The van der Waals surface area contributed by atoms with Crippen molar-refractivity contribution in [3.8, 4) is 11.1 Å². The van der Waals surface area contributed by atoms with E-state index in [2.05, 4.69) is 10.3 Å². The highest BCUT2D eigenvalue weighted by Crippen LogP contribution is 2.43. The summed E-state index contributed by atoms with van der Waals surface area (Å²) < 4.78 is 29.5. The Morgan fingerprint density at radius 3 is 2.55 bits per heavy atom. The molecule has 4 aromatic rings. The lowest BCUT2D eigenvalue weighted by Crippen LogP contribution is -2.34. The number of hydrogen-bond donors (Lipinski definition) is 4. The minimum atomic E-state index is -0.889. The minimum absolute atomic E-state index is 0.00325. The second-order valence-electron chi connectivity index (χ2n) is 10.5. The number of hydrogen-bond acceptors (Lipinski definition) is 3. The van der Waals surface area contributed by atoms with E-state index in [9.17, 15) is 19.1 Å². The average molecular weight is 518 g/mol. The Morgan fingerprint density at radius 1 is 1.13 bits per heavy atom. The third kappa shape index (κ3) is 4.45. The van der Waals surface area contributed by atoms with E-state index >= 15 is 4.39 Å². The van der Waals surface area contributed by atoms with Crippen LogP contribution in [0.25, 0.3) is 22.0 Å². The predicted octanol–water partition coefficient (Wildman–Crippen LogP) is 5.65. The molecular weight excluding hydrogens is 488 g/mol. The normalized spacial score (nSPS) is 15.4. The number of aromatic nitrogens is 1. The number of aryl methyl sites for hydroxylation is 1. The summed E-state index contributed by atoms with van der Waals surface area (Å²) in [7, 11) is 0. The molecule has 1 heterocycles. The van der Waals surface area contributed by atoms with Gasteiger partial charge in [0.15, 0.2) is 0 Å². The van der Waals surface area contributed by atoms with Crippen molar-refractivity contribution in [3.05, 3.63) is 88.1 Å². The highest BCUT2D eigenvalue weighted by atomic mass is 19.1. The lowest BCUT2D eigenvalue weighted by molar-refractivity contribution is 0.0107. The fraction of sp³-hybridized carbons (Fsp3) is 0.267. The minimum Gasteiger partial charge on any atom is -0.390 e. The average Bonchev–Trinajstić information content (AvgIpc) is 3.23. The summed E-state index contributed by atoms with van der Waals surface area (Å²) in [5.74, 6) is -2.36. The highest BCUT2D eigenvalue weighted by molar-refractivity contribution is 6.12. The number of H-pyrrole nitrogens is 1. The van der Waals surface area contributed by atoms with Crippen LogP contribution in [-0.4, -0.2) is 27.5 Å². The SMILES string of the molecule is Cc1c(NC(=O)c2cccc(F)c2)cccc1-c1c(F)cc(C(N)=O)c2[nH]c3c(c12)CC[C@H](C(C)(C)O)C3. The molecule has 1 atom stereocenters. The second-order valence-corrected chi connectivity index (χ2v) is 10.5. The lowest BCUT2D eigenvalue weighted by Gasteiger charge is -2.32. The Bertz CT molecular complexity index is 1600. The van der Waals surface area contributed by atoms with Gasteiger partial charge in [0.1, 0.15) is 11.6 Å². The van der Waals surface area contributed by atoms with Crippen LogP contribution >= 0.6 is 0 Å². The summed E-state index contributed by atoms with van der Waals surface area (Å²) in [6, 6.07) is 11.7. The number of aromatic amines is 1. The molecule has 5 rings (SSSR count). The van der Waals surface area contributed by atoms with Crippen molar-refractivity contribution in [2.45, 2.75) is 45.6 Å².